The largest absolute Gasteiger partial charge is 0.466 e. The zero-order valence-corrected chi connectivity index (χ0v) is 16.8. The molecule has 27 heavy (non-hydrogen) atoms. The molecule has 140 valence electrons. The number of hydrogen-bond acceptors (Lipinski definition) is 8. The van der Waals surface area contributed by atoms with Gasteiger partial charge in [0.15, 0.2) is 4.34 Å². The summed E-state index contributed by atoms with van der Waals surface area (Å²) in [7, 11) is 1.36. The third-order valence-electron chi connectivity index (χ3n) is 3.77. The van der Waals surface area contributed by atoms with Crippen LogP contribution in [-0.2, 0) is 20.7 Å². The number of pyridine rings is 1. The lowest BCUT2D eigenvalue weighted by Crippen LogP contribution is -2.07. The molecule has 0 amide bonds. The van der Waals surface area contributed by atoms with Crippen LogP contribution in [0.2, 0.25) is 0 Å². The van der Waals surface area contributed by atoms with Gasteiger partial charge in [-0.1, -0.05) is 18.2 Å². The molecule has 0 saturated heterocycles. The first-order valence-corrected chi connectivity index (χ1v) is 9.93. The van der Waals surface area contributed by atoms with Crippen molar-refractivity contribution >= 4 is 45.9 Å². The summed E-state index contributed by atoms with van der Waals surface area (Å²) in [4.78, 5) is 33.9. The molecule has 0 fully saturated rings. The lowest BCUT2D eigenvalue weighted by atomic mass is 10.1. The molecule has 0 atom stereocenters. The second kappa shape index (κ2) is 8.49. The number of aryl methyl sites for hydroxylation is 1. The van der Waals surface area contributed by atoms with Crippen LogP contribution < -0.4 is 0 Å². The number of methoxy groups -OCH3 is 1. The molecular weight excluding hydrogens is 384 g/mol. The number of thiazole rings is 1. The molecule has 0 aliphatic carbocycles. The minimum atomic E-state index is -0.409. The van der Waals surface area contributed by atoms with E-state index in [4.69, 9.17) is 9.47 Å². The summed E-state index contributed by atoms with van der Waals surface area (Å²) in [6.07, 6.45) is 0.205. The van der Waals surface area contributed by atoms with E-state index in [0.29, 0.717) is 22.7 Å². The van der Waals surface area contributed by atoms with Crippen molar-refractivity contribution in [2.24, 2.45) is 0 Å². The predicted molar refractivity (Wildman–Crippen MR) is 104 cm³/mol. The molecule has 6 nitrogen and oxygen atoms in total. The van der Waals surface area contributed by atoms with Crippen LogP contribution in [-0.4, -0.2) is 35.6 Å². The van der Waals surface area contributed by atoms with Gasteiger partial charge in [0.25, 0.3) is 0 Å². The van der Waals surface area contributed by atoms with Crippen LogP contribution in [0.1, 0.15) is 27.9 Å². The summed E-state index contributed by atoms with van der Waals surface area (Å²) in [6.45, 7) is 4.00. The molecule has 3 rings (SSSR count). The molecule has 1 aromatic carbocycles. The Kier molecular flexibility index (Phi) is 6.08. The lowest BCUT2D eigenvalue weighted by Gasteiger charge is -2.07. The number of para-hydroxylation sites is 1. The van der Waals surface area contributed by atoms with Gasteiger partial charge in [0.2, 0.25) is 0 Å². The van der Waals surface area contributed by atoms with E-state index >= 15 is 0 Å². The SMILES string of the molecule is CCOC(=O)Cc1sc(Sc2cc(C(=O)OC)c3ccccc3n2)nc1C. The summed E-state index contributed by atoms with van der Waals surface area (Å²) >= 11 is 2.79. The van der Waals surface area contributed by atoms with Crippen molar-refractivity contribution in [3.8, 4) is 0 Å². The Morgan fingerprint density at radius 2 is 2.00 bits per heavy atom. The normalized spacial score (nSPS) is 10.8. The van der Waals surface area contributed by atoms with E-state index in [-0.39, 0.29) is 12.4 Å². The van der Waals surface area contributed by atoms with Crippen LogP contribution in [0, 0.1) is 6.92 Å². The van der Waals surface area contributed by atoms with E-state index in [1.807, 2.05) is 31.2 Å². The van der Waals surface area contributed by atoms with Crippen LogP contribution >= 0.6 is 23.1 Å². The van der Waals surface area contributed by atoms with Gasteiger partial charge in [-0.2, -0.15) is 0 Å². The fraction of sp³-hybridized carbons (Fsp3) is 0.263. The summed E-state index contributed by atoms with van der Waals surface area (Å²) in [5.74, 6) is -0.675. The molecule has 2 heterocycles. The van der Waals surface area contributed by atoms with Gasteiger partial charge >= 0.3 is 11.9 Å². The van der Waals surface area contributed by atoms with Gasteiger partial charge in [-0.25, -0.2) is 14.8 Å². The predicted octanol–water partition coefficient (Wildman–Crippen LogP) is 4.04. The van der Waals surface area contributed by atoms with E-state index in [0.717, 1.165) is 20.3 Å². The fourth-order valence-electron chi connectivity index (χ4n) is 2.52. The minimum Gasteiger partial charge on any atom is -0.466 e. The quantitative estimate of drug-likeness (QED) is 0.576. The number of hydrogen-bond donors (Lipinski definition) is 0. The van der Waals surface area contributed by atoms with Crippen LogP contribution in [0.4, 0.5) is 0 Å². The summed E-state index contributed by atoms with van der Waals surface area (Å²) in [5, 5.41) is 1.39. The Hall–Kier alpha value is -2.45. The Labute approximate surface area is 164 Å². The number of aromatic nitrogens is 2. The number of esters is 2. The van der Waals surface area contributed by atoms with Crippen molar-refractivity contribution in [1.82, 2.24) is 9.97 Å². The number of nitrogens with zero attached hydrogens (tertiary/aromatic N) is 2. The van der Waals surface area contributed by atoms with Gasteiger partial charge in [0.05, 0.1) is 36.9 Å². The molecule has 2 aromatic heterocycles. The third-order valence-corrected chi connectivity index (χ3v) is 5.91. The number of ether oxygens (including phenoxy) is 2. The Bertz CT molecular complexity index is 1000. The topological polar surface area (TPSA) is 78.4 Å². The number of rotatable bonds is 6. The van der Waals surface area contributed by atoms with Gasteiger partial charge in [-0.15, -0.1) is 11.3 Å². The Morgan fingerprint density at radius 1 is 1.22 bits per heavy atom. The van der Waals surface area contributed by atoms with Gasteiger partial charge in [-0.3, -0.25) is 4.79 Å². The van der Waals surface area contributed by atoms with Crippen molar-refractivity contribution in [1.29, 1.82) is 0 Å². The molecule has 0 aliphatic heterocycles. The molecule has 0 saturated carbocycles. The second-order valence-corrected chi connectivity index (χ2v) is 7.94. The van der Waals surface area contributed by atoms with Gasteiger partial charge in [0.1, 0.15) is 5.03 Å². The molecule has 0 bridgehead atoms. The van der Waals surface area contributed by atoms with Crippen molar-refractivity contribution in [2.75, 3.05) is 13.7 Å². The molecule has 0 aliphatic rings. The highest BCUT2D eigenvalue weighted by Crippen LogP contribution is 2.34. The van der Waals surface area contributed by atoms with E-state index in [1.54, 1.807) is 13.0 Å². The number of fused-ring (bicyclic) bond motifs is 1. The van der Waals surface area contributed by atoms with E-state index < -0.39 is 5.97 Å². The van der Waals surface area contributed by atoms with Crippen LogP contribution in [0.3, 0.4) is 0 Å². The monoisotopic (exact) mass is 402 g/mol. The third kappa shape index (κ3) is 4.45. The number of benzene rings is 1. The second-order valence-electron chi connectivity index (χ2n) is 5.59. The van der Waals surface area contributed by atoms with Gasteiger partial charge in [0, 0.05) is 10.3 Å². The van der Waals surface area contributed by atoms with E-state index in [2.05, 4.69) is 9.97 Å². The average molecular weight is 402 g/mol. The van der Waals surface area contributed by atoms with Gasteiger partial charge in [-0.05, 0) is 37.7 Å². The molecule has 3 aromatic rings. The van der Waals surface area contributed by atoms with Gasteiger partial charge < -0.3 is 9.47 Å². The highest BCUT2D eigenvalue weighted by atomic mass is 32.2. The fourth-order valence-corrected chi connectivity index (χ4v) is 4.71. The average Bonchev–Trinajstić information content (AvgIpc) is 2.99. The summed E-state index contributed by atoms with van der Waals surface area (Å²) < 4.78 is 10.7. The zero-order chi connectivity index (χ0) is 19.4. The highest BCUT2D eigenvalue weighted by molar-refractivity contribution is 8.01. The van der Waals surface area contributed by atoms with E-state index in [9.17, 15) is 9.59 Å². The molecule has 0 spiro atoms. The van der Waals surface area contributed by atoms with Crippen LogP contribution in [0.5, 0.6) is 0 Å². The maximum absolute atomic E-state index is 12.1. The molecule has 0 unspecified atom stereocenters. The maximum Gasteiger partial charge on any atom is 0.338 e. The van der Waals surface area contributed by atoms with Crippen molar-refractivity contribution in [3.63, 3.8) is 0 Å². The molecule has 0 radical (unpaired) electrons. The lowest BCUT2D eigenvalue weighted by molar-refractivity contribution is -0.142. The first kappa shape index (κ1) is 19.3. The first-order chi connectivity index (χ1) is 13.0. The van der Waals surface area contributed by atoms with E-state index in [1.165, 1.54) is 30.2 Å². The number of carbonyl (C=O) groups excluding carboxylic acids is 2. The number of carbonyl (C=O) groups is 2. The van der Waals surface area contributed by atoms with Crippen molar-refractivity contribution in [3.05, 3.63) is 46.5 Å². The molecule has 0 N–H and O–H groups in total. The smallest absolute Gasteiger partial charge is 0.338 e. The zero-order valence-electron chi connectivity index (χ0n) is 15.1. The summed E-state index contributed by atoms with van der Waals surface area (Å²) in [5.41, 5.74) is 1.97. The maximum atomic E-state index is 12.1. The molecular formula is C19H18N2O4S2. The standard InChI is InChI=1S/C19H18N2O4S2/c1-4-25-17(22)10-15-11(2)20-19(26-15)27-16-9-13(18(23)24-3)12-7-5-6-8-14(12)21-16/h5-9H,4,10H2,1-3H3. The van der Waals surface area contributed by atoms with Crippen LogP contribution in [0.15, 0.2) is 39.7 Å². The molecule has 8 heteroatoms. The Balaban J connectivity index is 1.91. The van der Waals surface area contributed by atoms with Crippen LogP contribution in [0.25, 0.3) is 10.9 Å². The first-order valence-electron chi connectivity index (χ1n) is 8.29. The Morgan fingerprint density at radius 3 is 2.74 bits per heavy atom. The van der Waals surface area contributed by atoms with Crippen molar-refractivity contribution < 1.29 is 19.1 Å². The van der Waals surface area contributed by atoms with Crippen molar-refractivity contribution in [2.45, 2.75) is 29.6 Å². The minimum absolute atomic E-state index is 0.205. The highest BCUT2D eigenvalue weighted by Gasteiger charge is 2.17. The summed E-state index contributed by atoms with van der Waals surface area (Å²) in [6, 6.07) is 9.13.